The number of fused-ring (bicyclic) bond motifs is 1. The summed E-state index contributed by atoms with van der Waals surface area (Å²) < 4.78 is 5.82. The Kier molecular flexibility index (Phi) is 5.95. The molecular formula is C23H27ClN4O2. The summed E-state index contributed by atoms with van der Waals surface area (Å²) in [6, 6.07) is 7.75. The molecule has 0 saturated carbocycles. The van der Waals surface area contributed by atoms with E-state index in [4.69, 9.17) is 21.0 Å². The van der Waals surface area contributed by atoms with Crippen molar-refractivity contribution in [2.45, 2.75) is 40.0 Å². The first-order valence-electron chi connectivity index (χ1n) is 10.4. The Labute approximate surface area is 181 Å². The summed E-state index contributed by atoms with van der Waals surface area (Å²) in [5.74, 6) is 2.44. The number of piperidine rings is 1. The van der Waals surface area contributed by atoms with Crippen LogP contribution < -0.4 is 10.2 Å². The summed E-state index contributed by atoms with van der Waals surface area (Å²) in [5, 5.41) is 4.79. The van der Waals surface area contributed by atoms with Crippen molar-refractivity contribution in [3.8, 4) is 0 Å². The third-order valence-electron chi connectivity index (χ3n) is 5.86. The van der Waals surface area contributed by atoms with Gasteiger partial charge in [-0.2, -0.15) is 4.98 Å². The molecule has 1 N–H and O–H groups in total. The molecule has 0 bridgehead atoms. The summed E-state index contributed by atoms with van der Waals surface area (Å²) in [4.78, 5) is 24.2. The summed E-state index contributed by atoms with van der Waals surface area (Å²) in [6.07, 6.45) is 2.55. The monoisotopic (exact) mass is 426 g/mol. The topological polar surface area (TPSA) is 71.3 Å². The van der Waals surface area contributed by atoms with E-state index in [-0.39, 0.29) is 11.8 Å². The molecule has 4 rings (SSSR count). The van der Waals surface area contributed by atoms with Crippen molar-refractivity contribution in [1.82, 2.24) is 15.3 Å². The fourth-order valence-corrected chi connectivity index (χ4v) is 4.34. The van der Waals surface area contributed by atoms with Gasteiger partial charge in [0.25, 0.3) is 0 Å². The van der Waals surface area contributed by atoms with Gasteiger partial charge in [-0.05, 0) is 51.7 Å². The Morgan fingerprint density at radius 1 is 1.27 bits per heavy atom. The molecular weight excluding hydrogens is 400 g/mol. The average molecular weight is 427 g/mol. The second-order valence-corrected chi connectivity index (χ2v) is 8.38. The van der Waals surface area contributed by atoms with Gasteiger partial charge < -0.3 is 14.6 Å². The molecule has 1 fully saturated rings. The number of hydrogen-bond acceptors (Lipinski definition) is 5. The number of hydrogen-bond donors (Lipinski definition) is 1. The zero-order valence-electron chi connectivity index (χ0n) is 17.7. The van der Waals surface area contributed by atoms with Crippen LogP contribution in [0.5, 0.6) is 0 Å². The number of carbonyl (C=O) groups is 1. The fourth-order valence-electron chi connectivity index (χ4n) is 4.11. The van der Waals surface area contributed by atoms with Crippen molar-refractivity contribution in [3.05, 3.63) is 52.0 Å². The van der Waals surface area contributed by atoms with Crippen molar-refractivity contribution in [1.29, 1.82) is 0 Å². The van der Waals surface area contributed by atoms with Crippen LogP contribution in [0, 0.1) is 26.7 Å². The van der Waals surface area contributed by atoms with Crippen molar-refractivity contribution in [2.75, 3.05) is 24.5 Å². The predicted molar refractivity (Wildman–Crippen MR) is 119 cm³/mol. The van der Waals surface area contributed by atoms with Gasteiger partial charge in [0, 0.05) is 30.2 Å². The molecule has 1 aliphatic rings. The molecule has 3 aromatic rings. The minimum atomic E-state index is -0.0661. The number of furan rings is 1. The standard InChI is InChI=1S/C23H27ClN4O2/c1-14-15(2)30-23-20(14)21(26-16(3)27-23)28-12-6-8-18(13-28)22(29)25-11-10-17-7-4-5-9-19(17)24/h4-5,7,9,18H,6,8,10-13H2,1-3H3,(H,25,29)/t18-/m1/s1. The first-order valence-corrected chi connectivity index (χ1v) is 10.8. The van der Waals surface area contributed by atoms with Crippen molar-refractivity contribution in [3.63, 3.8) is 0 Å². The average Bonchev–Trinajstić information content (AvgIpc) is 3.02. The third kappa shape index (κ3) is 4.15. The lowest BCUT2D eigenvalue weighted by atomic mass is 9.96. The highest BCUT2D eigenvalue weighted by Crippen LogP contribution is 2.33. The van der Waals surface area contributed by atoms with Gasteiger partial charge in [0.15, 0.2) is 0 Å². The van der Waals surface area contributed by atoms with Crippen LogP contribution in [0.15, 0.2) is 28.7 Å². The number of amides is 1. The van der Waals surface area contributed by atoms with Gasteiger partial charge >= 0.3 is 0 Å². The quantitative estimate of drug-likeness (QED) is 0.655. The van der Waals surface area contributed by atoms with Gasteiger partial charge in [-0.3, -0.25) is 4.79 Å². The number of nitrogens with zero attached hydrogens (tertiary/aromatic N) is 3. The Bertz CT molecular complexity index is 1080. The smallest absolute Gasteiger partial charge is 0.231 e. The molecule has 30 heavy (non-hydrogen) atoms. The Morgan fingerprint density at radius 3 is 2.87 bits per heavy atom. The molecule has 158 valence electrons. The second kappa shape index (κ2) is 8.64. The Hall–Kier alpha value is -2.60. The van der Waals surface area contributed by atoms with E-state index in [2.05, 4.69) is 15.2 Å². The van der Waals surface area contributed by atoms with Crippen molar-refractivity contribution >= 4 is 34.4 Å². The number of benzene rings is 1. The first-order chi connectivity index (χ1) is 14.4. The van der Waals surface area contributed by atoms with Gasteiger partial charge in [-0.1, -0.05) is 29.8 Å². The molecule has 1 saturated heterocycles. The highest BCUT2D eigenvalue weighted by Gasteiger charge is 2.29. The van der Waals surface area contributed by atoms with Gasteiger partial charge in [-0.25, -0.2) is 4.98 Å². The number of carbonyl (C=O) groups excluding carboxylic acids is 1. The molecule has 0 spiro atoms. The van der Waals surface area contributed by atoms with E-state index in [1.807, 2.05) is 45.0 Å². The number of nitrogens with one attached hydrogen (secondary N) is 1. The Morgan fingerprint density at radius 2 is 2.07 bits per heavy atom. The maximum atomic E-state index is 12.8. The maximum Gasteiger partial charge on any atom is 0.231 e. The zero-order valence-corrected chi connectivity index (χ0v) is 18.4. The molecule has 2 aromatic heterocycles. The number of anilines is 1. The van der Waals surface area contributed by atoms with Crippen LogP contribution in [0.1, 0.15) is 35.6 Å². The van der Waals surface area contributed by atoms with Crippen molar-refractivity contribution in [2.24, 2.45) is 5.92 Å². The second-order valence-electron chi connectivity index (χ2n) is 7.98. The van der Waals surface area contributed by atoms with Gasteiger partial charge in [0.2, 0.25) is 11.6 Å². The van der Waals surface area contributed by atoms with E-state index < -0.39 is 0 Å². The van der Waals surface area contributed by atoms with Crippen LogP contribution in [-0.4, -0.2) is 35.5 Å². The van der Waals surface area contributed by atoms with Gasteiger partial charge in [0.1, 0.15) is 17.4 Å². The van der Waals surface area contributed by atoms with Crippen molar-refractivity contribution < 1.29 is 9.21 Å². The van der Waals surface area contributed by atoms with E-state index >= 15 is 0 Å². The summed E-state index contributed by atoms with van der Waals surface area (Å²) in [5.41, 5.74) is 2.74. The molecule has 1 aliphatic heterocycles. The molecule has 1 aromatic carbocycles. The molecule has 0 aliphatic carbocycles. The predicted octanol–water partition coefficient (Wildman–Crippen LogP) is 4.38. The lowest BCUT2D eigenvalue weighted by Gasteiger charge is -2.33. The molecule has 3 heterocycles. The van der Waals surface area contributed by atoms with E-state index in [9.17, 15) is 4.79 Å². The molecule has 1 atom stereocenters. The SMILES string of the molecule is Cc1nc(N2CCC[C@@H](C(=O)NCCc3ccccc3Cl)C2)c2c(C)c(C)oc2n1. The third-order valence-corrected chi connectivity index (χ3v) is 6.23. The van der Waals surface area contributed by atoms with E-state index in [0.717, 1.165) is 58.9 Å². The van der Waals surface area contributed by atoms with Gasteiger partial charge in [0.05, 0.1) is 11.3 Å². The van der Waals surface area contributed by atoms with Gasteiger partial charge in [-0.15, -0.1) is 0 Å². The summed E-state index contributed by atoms with van der Waals surface area (Å²) >= 11 is 6.21. The van der Waals surface area contributed by atoms with Crippen LogP contribution in [-0.2, 0) is 11.2 Å². The molecule has 7 heteroatoms. The fraction of sp³-hybridized carbons (Fsp3) is 0.435. The minimum Gasteiger partial charge on any atom is -0.443 e. The molecule has 1 amide bonds. The van der Waals surface area contributed by atoms with Crippen LogP contribution >= 0.6 is 11.6 Å². The normalized spacial score (nSPS) is 16.8. The molecule has 0 unspecified atom stereocenters. The van der Waals surface area contributed by atoms with E-state index in [0.29, 0.717) is 24.6 Å². The van der Waals surface area contributed by atoms with Crippen LogP contribution in [0.3, 0.4) is 0 Å². The van der Waals surface area contributed by atoms with Crippen LogP contribution in [0.25, 0.3) is 11.1 Å². The number of rotatable bonds is 5. The van der Waals surface area contributed by atoms with E-state index in [1.54, 1.807) is 0 Å². The lowest BCUT2D eigenvalue weighted by molar-refractivity contribution is -0.125. The first kappa shape index (κ1) is 20.7. The summed E-state index contributed by atoms with van der Waals surface area (Å²) in [7, 11) is 0. The van der Waals surface area contributed by atoms with E-state index in [1.165, 1.54) is 0 Å². The molecule has 0 radical (unpaired) electrons. The highest BCUT2D eigenvalue weighted by molar-refractivity contribution is 6.31. The highest BCUT2D eigenvalue weighted by atomic mass is 35.5. The molecule has 6 nitrogen and oxygen atoms in total. The van der Waals surface area contributed by atoms with Crippen LogP contribution in [0.4, 0.5) is 5.82 Å². The summed E-state index contributed by atoms with van der Waals surface area (Å²) in [6.45, 7) is 7.95. The zero-order chi connectivity index (χ0) is 21.3. The largest absolute Gasteiger partial charge is 0.443 e. The minimum absolute atomic E-state index is 0.0661. The number of halogens is 1. The maximum absolute atomic E-state index is 12.8. The Balaban J connectivity index is 1.45. The number of aryl methyl sites for hydroxylation is 3. The van der Waals surface area contributed by atoms with Crippen LogP contribution in [0.2, 0.25) is 5.02 Å². The lowest BCUT2D eigenvalue weighted by Crippen LogP contribution is -2.44. The number of aromatic nitrogens is 2.